The predicted octanol–water partition coefficient (Wildman–Crippen LogP) is 12.5. The molecular weight excluding hydrogens is 627 g/mol. The molecule has 5 heteroatoms. The van der Waals surface area contributed by atoms with Crippen molar-refractivity contribution in [3.8, 4) is 45.3 Å². The molecule has 9 rings (SSSR count). The van der Waals surface area contributed by atoms with E-state index >= 15 is 0 Å². The van der Waals surface area contributed by atoms with E-state index in [2.05, 4.69) is 73.3 Å². The number of allylic oxidation sites excluding steroid dienone is 5. The fraction of sp³-hybridized carbons (Fsp3) is 0.0217. The minimum absolute atomic E-state index is 0.578. The number of hydrogen-bond acceptors (Lipinski definition) is 5. The highest BCUT2D eigenvalue weighted by Gasteiger charge is 2.19. The molecule has 0 aliphatic rings. The second kappa shape index (κ2) is 12.6. The maximum absolute atomic E-state index is 6.55. The van der Waals surface area contributed by atoms with Gasteiger partial charge in [-0.05, 0) is 59.5 Å². The summed E-state index contributed by atoms with van der Waals surface area (Å²) < 4.78 is 12.7. The third-order valence-electron chi connectivity index (χ3n) is 9.28. The Morgan fingerprint density at radius 1 is 0.529 bits per heavy atom. The molecular formula is C46H31N3O2. The van der Waals surface area contributed by atoms with Gasteiger partial charge in [0.1, 0.15) is 22.3 Å². The lowest BCUT2D eigenvalue weighted by molar-refractivity contribution is 0.668. The molecule has 3 heterocycles. The van der Waals surface area contributed by atoms with Gasteiger partial charge in [0.25, 0.3) is 0 Å². The van der Waals surface area contributed by atoms with E-state index in [9.17, 15) is 0 Å². The van der Waals surface area contributed by atoms with Gasteiger partial charge >= 0.3 is 0 Å². The molecule has 0 fully saturated rings. The highest BCUT2D eigenvalue weighted by Crippen LogP contribution is 2.41. The summed E-state index contributed by atoms with van der Waals surface area (Å²) in [4.78, 5) is 15.1. The van der Waals surface area contributed by atoms with Crippen LogP contribution in [0.25, 0.3) is 94.7 Å². The van der Waals surface area contributed by atoms with Gasteiger partial charge in [0.05, 0.1) is 0 Å². The van der Waals surface area contributed by atoms with Crippen LogP contribution in [0.15, 0.2) is 173 Å². The summed E-state index contributed by atoms with van der Waals surface area (Å²) >= 11 is 0. The summed E-state index contributed by atoms with van der Waals surface area (Å²) in [7, 11) is 0. The monoisotopic (exact) mass is 657 g/mol. The number of furan rings is 2. The quantitative estimate of drug-likeness (QED) is 0.160. The van der Waals surface area contributed by atoms with Gasteiger partial charge in [-0.25, -0.2) is 15.0 Å². The van der Waals surface area contributed by atoms with E-state index < -0.39 is 0 Å². The first-order valence-corrected chi connectivity index (χ1v) is 16.9. The summed E-state index contributed by atoms with van der Waals surface area (Å²) in [6, 6.07) is 45.1. The summed E-state index contributed by atoms with van der Waals surface area (Å²) in [5.74, 6) is 1.78. The Kier molecular flexibility index (Phi) is 7.44. The molecule has 0 N–H and O–H groups in total. The molecule has 6 aromatic carbocycles. The van der Waals surface area contributed by atoms with Crippen LogP contribution >= 0.6 is 0 Å². The molecule has 0 saturated carbocycles. The molecule has 0 bridgehead atoms. The third-order valence-corrected chi connectivity index (χ3v) is 9.28. The van der Waals surface area contributed by atoms with E-state index in [0.29, 0.717) is 17.5 Å². The Labute approximate surface area is 294 Å². The molecule has 0 amide bonds. The maximum Gasteiger partial charge on any atom is 0.164 e. The molecule has 0 atom stereocenters. The zero-order chi connectivity index (χ0) is 34.3. The smallest absolute Gasteiger partial charge is 0.164 e. The molecule has 242 valence electrons. The van der Waals surface area contributed by atoms with E-state index in [1.54, 1.807) is 0 Å². The van der Waals surface area contributed by atoms with Crippen molar-refractivity contribution in [3.63, 3.8) is 0 Å². The van der Waals surface area contributed by atoms with Crippen LogP contribution in [0.4, 0.5) is 0 Å². The SMILES string of the molecule is C=C/C(=C\C=C/C)c1ccc(-c2nc(-c3ccccc3)nc(-c3cccc4oc5cc(-c6cccc7oc8ccccc8c67)ccc5c34)n2)cc1. The molecule has 0 aliphatic heterocycles. The van der Waals surface area contributed by atoms with Crippen LogP contribution in [-0.4, -0.2) is 15.0 Å². The van der Waals surface area contributed by atoms with Crippen molar-refractivity contribution in [3.05, 3.63) is 170 Å². The molecule has 5 nitrogen and oxygen atoms in total. The second-order valence-corrected chi connectivity index (χ2v) is 12.4. The maximum atomic E-state index is 6.55. The summed E-state index contributed by atoms with van der Waals surface area (Å²) in [5.41, 5.74) is 10.2. The lowest BCUT2D eigenvalue weighted by Gasteiger charge is -2.10. The molecule has 0 radical (unpaired) electrons. The average molecular weight is 658 g/mol. The number of para-hydroxylation sites is 1. The summed E-state index contributed by atoms with van der Waals surface area (Å²) in [6.45, 7) is 6.00. The fourth-order valence-electron chi connectivity index (χ4n) is 6.83. The van der Waals surface area contributed by atoms with Crippen LogP contribution in [0.3, 0.4) is 0 Å². The minimum Gasteiger partial charge on any atom is -0.456 e. The van der Waals surface area contributed by atoms with Gasteiger partial charge in [-0.15, -0.1) is 0 Å². The standard InChI is InChI=1S/C46H31N3O2/c1-3-5-13-29(4-2)30-22-24-32(25-23-30)45-47-44(31-14-7-6-8-15-31)48-46(49-45)37-18-12-21-40-43(37)36-27-26-33(28-41(36)51-40)34-17-11-20-39-42(34)35-16-9-10-19-38(35)50-39/h3-28H,2H2,1H3/b5-3-,29-13+. The van der Waals surface area contributed by atoms with Gasteiger partial charge in [-0.2, -0.15) is 0 Å². The van der Waals surface area contributed by atoms with E-state index in [4.69, 9.17) is 23.8 Å². The zero-order valence-electron chi connectivity index (χ0n) is 27.9. The van der Waals surface area contributed by atoms with E-state index in [-0.39, 0.29) is 0 Å². The fourth-order valence-corrected chi connectivity index (χ4v) is 6.83. The minimum atomic E-state index is 0.578. The van der Waals surface area contributed by atoms with Gasteiger partial charge in [0.2, 0.25) is 0 Å². The van der Waals surface area contributed by atoms with Gasteiger partial charge in [0.15, 0.2) is 17.5 Å². The molecule has 0 saturated heterocycles. The van der Waals surface area contributed by atoms with Crippen molar-refractivity contribution < 1.29 is 8.83 Å². The van der Waals surface area contributed by atoms with Gasteiger partial charge in [-0.3, -0.25) is 0 Å². The largest absolute Gasteiger partial charge is 0.456 e. The molecule has 0 unspecified atom stereocenters. The van der Waals surface area contributed by atoms with E-state index in [1.807, 2.05) is 97.9 Å². The highest BCUT2D eigenvalue weighted by atomic mass is 16.3. The van der Waals surface area contributed by atoms with Gasteiger partial charge < -0.3 is 8.83 Å². The number of hydrogen-bond donors (Lipinski definition) is 0. The number of rotatable bonds is 7. The van der Waals surface area contributed by atoms with Crippen LogP contribution in [0.5, 0.6) is 0 Å². The number of nitrogens with zero attached hydrogens (tertiary/aromatic N) is 3. The van der Waals surface area contributed by atoms with Crippen molar-refractivity contribution in [2.75, 3.05) is 0 Å². The molecule has 9 aromatic rings. The number of aromatic nitrogens is 3. The third kappa shape index (κ3) is 5.32. The van der Waals surface area contributed by atoms with Crippen molar-refractivity contribution in [2.24, 2.45) is 0 Å². The first kappa shape index (κ1) is 30.2. The lowest BCUT2D eigenvalue weighted by atomic mass is 9.98. The lowest BCUT2D eigenvalue weighted by Crippen LogP contribution is -2.00. The van der Waals surface area contributed by atoms with Crippen molar-refractivity contribution in [1.82, 2.24) is 15.0 Å². The second-order valence-electron chi connectivity index (χ2n) is 12.4. The van der Waals surface area contributed by atoms with E-state index in [1.165, 1.54) is 0 Å². The predicted molar refractivity (Wildman–Crippen MR) is 209 cm³/mol. The van der Waals surface area contributed by atoms with Crippen molar-refractivity contribution in [1.29, 1.82) is 0 Å². The van der Waals surface area contributed by atoms with Crippen LogP contribution < -0.4 is 0 Å². The Morgan fingerprint density at radius 2 is 1.12 bits per heavy atom. The van der Waals surface area contributed by atoms with Crippen molar-refractivity contribution in [2.45, 2.75) is 6.92 Å². The normalized spacial score (nSPS) is 12.1. The first-order chi connectivity index (χ1) is 25.2. The Bertz CT molecular complexity index is 2820. The average Bonchev–Trinajstić information content (AvgIpc) is 3.77. The molecule has 51 heavy (non-hydrogen) atoms. The van der Waals surface area contributed by atoms with Crippen molar-refractivity contribution >= 4 is 49.5 Å². The number of benzene rings is 6. The zero-order valence-corrected chi connectivity index (χ0v) is 27.9. The van der Waals surface area contributed by atoms with Crippen LogP contribution in [-0.2, 0) is 0 Å². The Balaban J connectivity index is 1.19. The molecule has 0 spiro atoms. The topological polar surface area (TPSA) is 65.0 Å². The first-order valence-electron chi connectivity index (χ1n) is 16.9. The van der Waals surface area contributed by atoms with Crippen LogP contribution in [0, 0.1) is 0 Å². The summed E-state index contributed by atoms with van der Waals surface area (Å²) in [5, 5.41) is 4.14. The summed E-state index contributed by atoms with van der Waals surface area (Å²) in [6.07, 6.45) is 7.93. The molecule has 0 aliphatic carbocycles. The van der Waals surface area contributed by atoms with Crippen LogP contribution in [0.1, 0.15) is 12.5 Å². The Morgan fingerprint density at radius 3 is 1.86 bits per heavy atom. The van der Waals surface area contributed by atoms with Gasteiger partial charge in [0, 0.05) is 38.2 Å². The van der Waals surface area contributed by atoms with Gasteiger partial charge in [-0.1, -0.05) is 134 Å². The Hall–Kier alpha value is -6.85. The molecule has 3 aromatic heterocycles. The van der Waals surface area contributed by atoms with E-state index in [0.717, 1.165) is 82.8 Å². The van der Waals surface area contributed by atoms with Crippen LogP contribution in [0.2, 0.25) is 0 Å². The number of fused-ring (bicyclic) bond motifs is 6. The highest BCUT2D eigenvalue weighted by molar-refractivity contribution is 6.15.